The fraction of sp³-hybridized carbons (Fsp3) is 0.200. The zero-order valence-corrected chi connectivity index (χ0v) is 31.2. The third-order valence-corrected chi connectivity index (χ3v) is 9.09. The molecular weight excluding hydrogens is 663 g/mol. The van der Waals surface area contributed by atoms with Crippen LogP contribution < -0.4 is 10.1 Å². The summed E-state index contributed by atoms with van der Waals surface area (Å²) in [6.45, 7) is 12.7. The number of nitrogens with zero attached hydrogens (tertiary/aromatic N) is 2. The van der Waals surface area contributed by atoms with Crippen molar-refractivity contribution in [2.24, 2.45) is 0 Å². The minimum Gasteiger partial charge on any atom is -0.508 e. The van der Waals surface area contributed by atoms with Crippen LogP contribution in [0.3, 0.4) is 0 Å². The second-order valence-electron chi connectivity index (χ2n) is 12.8. The number of amides is 1. The number of aromatic hydroxyl groups is 1. The van der Waals surface area contributed by atoms with Crippen LogP contribution in [-0.2, 0) is 19.6 Å². The second-order valence-corrected chi connectivity index (χ2v) is 12.8. The van der Waals surface area contributed by atoms with Gasteiger partial charge in [-0.05, 0) is 153 Å². The first kappa shape index (κ1) is 39.7. The van der Waals surface area contributed by atoms with Crippen molar-refractivity contribution in [2.75, 3.05) is 5.32 Å². The molecule has 0 radical (unpaired) electrons. The molecule has 2 aromatic heterocycles. The maximum Gasteiger partial charge on any atom is 0.255 e. The van der Waals surface area contributed by atoms with Crippen LogP contribution in [0.15, 0.2) is 122 Å². The molecule has 0 atom stereocenters. The van der Waals surface area contributed by atoms with E-state index in [1.54, 1.807) is 30.7 Å². The lowest BCUT2D eigenvalue weighted by atomic mass is 9.97. The van der Waals surface area contributed by atoms with Gasteiger partial charge in [0.1, 0.15) is 18.1 Å². The van der Waals surface area contributed by atoms with Gasteiger partial charge in [-0.15, -0.1) is 0 Å². The molecule has 6 aromatic rings. The van der Waals surface area contributed by atoms with Crippen molar-refractivity contribution in [3.05, 3.63) is 183 Å². The summed E-state index contributed by atoms with van der Waals surface area (Å²) in [4.78, 5) is 32.5. The van der Waals surface area contributed by atoms with Crippen molar-refractivity contribution in [2.45, 2.75) is 61.2 Å². The highest BCUT2D eigenvalue weighted by Gasteiger charge is 2.11. The van der Waals surface area contributed by atoms with E-state index in [0.717, 1.165) is 50.4 Å². The zero-order valence-electron chi connectivity index (χ0n) is 31.2. The number of nitrogens with one attached hydrogen (secondary N) is 1. The summed E-state index contributed by atoms with van der Waals surface area (Å²) < 4.78 is 5.81. The number of pyridine rings is 2. The summed E-state index contributed by atoms with van der Waals surface area (Å²) >= 11 is 0. The van der Waals surface area contributed by atoms with E-state index in [-0.39, 0.29) is 24.0 Å². The average Bonchev–Trinajstić information content (AvgIpc) is 3.16. The van der Waals surface area contributed by atoms with Gasteiger partial charge < -0.3 is 20.3 Å². The summed E-state index contributed by atoms with van der Waals surface area (Å²) in [5.74, 6) is 0.840. The fourth-order valence-corrected chi connectivity index (χ4v) is 5.18. The van der Waals surface area contributed by atoms with Gasteiger partial charge in [-0.3, -0.25) is 19.6 Å². The number of phenols is 1. The first-order valence-corrected chi connectivity index (χ1v) is 17.3. The lowest BCUT2D eigenvalue weighted by Gasteiger charge is -2.10. The minimum absolute atomic E-state index is 0.0830. The number of anilines is 1. The maximum atomic E-state index is 12.6. The van der Waals surface area contributed by atoms with E-state index in [1.165, 1.54) is 23.3 Å². The molecular formula is C45H47N3O5. The van der Waals surface area contributed by atoms with Crippen molar-refractivity contribution in [3.63, 3.8) is 0 Å². The van der Waals surface area contributed by atoms with Gasteiger partial charge in [0, 0.05) is 53.6 Å². The molecule has 1 amide bonds. The number of aliphatic hydroxyl groups excluding tert-OH is 1. The number of ketones is 1. The Morgan fingerprint density at radius 2 is 1.19 bits per heavy atom. The van der Waals surface area contributed by atoms with Crippen LogP contribution in [0, 0.1) is 41.5 Å². The smallest absolute Gasteiger partial charge is 0.255 e. The Kier molecular flexibility index (Phi) is 14.6. The molecule has 0 aliphatic rings. The molecule has 0 fully saturated rings. The van der Waals surface area contributed by atoms with Crippen LogP contribution in [0.25, 0.3) is 0 Å². The number of Topliss-reactive ketones (excluding diaryl/α,β-unsaturated/α-hetero) is 1. The van der Waals surface area contributed by atoms with Gasteiger partial charge in [0.15, 0.2) is 5.78 Å². The first-order valence-electron chi connectivity index (χ1n) is 17.3. The van der Waals surface area contributed by atoms with E-state index in [9.17, 15) is 14.7 Å². The van der Waals surface area contributed by atoms with Gasteiger partial charge >= 0.3 is 0 Å². The van der Waals surface area contributed by atoms with E-state index in [4.69, 9.17) is 9.84 Å². The largest absolute Gasteiger partial charge is 0.508 e. The number of hydrogen-bond acceptors (Lipinski definition) is 7. The van der Waals surface area contributed by atoms with Gasteiger partial charge in [0.25, 0.3) is 5.91 Å². The Morgan fingerprint density at radius 1 is 0.623 bits per heavy atom. The third kappa shape index (κ3) is 11.7. The topological polar surface area (TPSA) is 122 Å². The number of hydrogen-bond donors (Lipinski definition) is 3. The van der Waals surface area contributed by atoms with Crippen LogP contribution in [0.1, 0.15) is 70.8 Å². The lowest BCUT2D eigenvalue weighted by Crippen LogP contribution is -2.12. The predicted molar refractivity (Wildman–Crippen MR) is 211 cm³/mol. The van der Waals surface area contributed by atoms with Gasteiger partial charge in [-0.25, -0.2) is 0 Å². The summed E-state index contributed by atoms with van der Waals surface area (Å²) in [5.41, 5.74) is 11.9. The number of phenolic OH excluding ortho intramolecular Hbond substituents is 1. The normalized spacial score (nSPS) is 10.2. The Labute approximate surface area is 312 Å². The molecule has 2 heterocycles. The summed E-state index contributed by atoms with van der Waals surface area (Å²) in [6.07, 6.45) is 7.40. The van der Waals surface area contributed by atoms with E-state index in [1.807, 2.05) is 101 Å². The fourth-order valence-electron chi connectivity index (χ4n) is 5.18. The first-order chi connectivity index (χ1) is 25.5. The number of ether oxygens (including phenoxy) is 1. The van der Waals surface area contributed by atoms with Crippen molar-refractivity contribution >= 4 is 17.4 Å². The Hall–Kier alpha value is -6.12. The maximum absolute atomic E-state index is 12.6. The molecule has 272 valence electrons. The number of carbonyl (C=O) groups is 2. The number of aryl methyl sites for hydroxylation is 4. The SMILES string of the molecule is Cc1cccc(NC(=O)c2ccc(O)cc2)c1C.Cc1ccncc1CO.Cc1ccncc1COc1ccc(C(=O)Cc2cccc(C)c2C)cc1. The highest BCUT2D eigenvalue weighted by Crippen LogP contribution is 2.21. The van der Waals surface area contributed by atoms with Crippen LogP contribution in [0.4, 0.5) is 5.69 Å². The summed E-state index contributed by atoms with van der Waals surface area (Å²) in [5, 5.41) is 20.7. The van der Waals surface area contributed by atoms with Crippen molar-refractivity contribution in [1.82, 2.24) is 9.97 Å². The predicted octanol–water partition coefficient (Wildman–Crippen LogP) is 9.15. The van der Waals surface area contributed by atoms with Crippen LogP contribution in [0.5, 0.6) is 11.5 Å². The molecule has 0 saturated carbocycles. The van der Waals surface area contributed by atoms with Gasteiger partial charge in [0.05, 0.1) is 6.61 Å². The number of aromatic nitrogens is 2. The molecule has 0 saturated heterocycles. The van der Waals surface area contributed by atoms with Gasteiger partial charge in [-0.2, -0.15) is 0 Å². The molecule has 53 heavy (non-hydrogen) atoms. The standard InChI is InChI=1S/C23H23NO2.C15H15NO2.C7H9NO/c1-16-5-4-6-20(18(16)3)13-23(25)19-7-9-22(10-8-19)26-15-21-14-24-12-11-17(21)2;1-10-4-3-5-14(11(10)2)16-15(18)12-6-8-13(17)9-7-12;1-6-2-3-8-4-7(6)5-9/h4-12,14H,13,15H2,1-3H3;3-9,17H,1-2H3,(H,16,18);2-4,9H,5H2,1H3. The summed E-state index contributed by atoms with van der Waals surface area (Å²) in [7, 11) is 0. The molecule has 0 aliphatic carbocycles. The van der Waals surface area contributed by atoms with E-state index < -0.39 is 0 Å². The molecule has 8 heteroatoms. The lowest BCUT2D eigenvalue weighted by molar-refractivity contribution is 0.0990. The summed E-state index contributed by atoms with van der Waals surface area (Å²) in [6, 6.07) is 29.3. The van der Waals surface area contributed by atoms with Gasteiger partial charge in [0.2, 0.25) is 0 Å². The number of aliphatic hydroxyl groups is 1. The molecule has 0 aliphatic heterocycles. The van der Waals surface area contributed by atoms with Crippen LogP contribution in [0.2, 0.25) is 0 Å². The second kappa shape index (κ2) is 19.5. The van der Waals surface area contributed by atoms with Crippen molar-refractivity contribution in [1.29, 1.82) is 0 Å². The van der Waals surface area contributed by atoms with Crippen LogP contribution in [-0.4, -0.2) is 31.9 Å². The Bertz CT molecular complexity index is 2130. The zero-order chi connectivity index (χ0) is 38.3. The molecule has 4 aromatic carbocycles. The third-order valence-electron chi connectivity index (χ3n) is 9.09. The molecule has 0 bridgehead atoms. The molecule has 3 N–H and O–H groups in total. The highest BCUT2D eigenvalue weighted by atomic mass is 16.5. The average molecular weight is 710 g/mol. The Morgan fingerprint density at radius 3 is 1.77 bits per heavy atom. The highest BCUT2D eigenvalue weighted by molar-refractivity contribution is 6.04. The van der Waals surface area contributed by atoms with E-state index in [0.29, 0.717) is 24.2 Å². The number of carbonyl (C=O) groups excluding carboxylic acids is 2. The molecule has 8 nitrogen and oxygen atoms in total. The number of rotatable bonds is 9. The minimum atomic E-state index is -0.177. The van der Waals surface area contributed by atoms with Crippen molar-refractivity contribution < 1.29 is 24.5 Å². The quantitative estimate of drug-likeness (QED) is 0.128. The van der Waals surface area contributed by atoms with Gasteiger partial charge in [-0.1, -0.05) is 30.3 Å². The number of benzene rings is 4. The molecule has 0 spiro atoms. The van der Waals surface area contributed by atoms with E-state index >= 15 is 0 Å². The molecule has 6 rings (SSSR count). The Balaban J connectivity index is 0.000000200. The monoisotopic (exact) mass is 709 g/mol. The van der Waals surface area contributed by atoms with E-state index in [2.05, 4.69) is 35.2 Å². The van der Waals surface area contributed by atoms with Crippen LogP contribution >= 0.6 is 0 Å². The molecule has 0 unspecified atom stereocenters. The van der Waals surface area contributed by atoms with Crippen molar-refractivity contribution in [3.8, 4) is 11.5 Å².